The topological polar surface area (TPSA) is 9.23 Å². The van der Waals surface area contributed by atoms with Crippen LogP contribution >= 0.6 is 0 Å². The second-order valence-electron chi connectivity index (χ2n) is 5.37. The summed E-state index contributed by atoms with van der Waals surface area (Å²) in [7, 11) is -1.42. The number of allylic oxidation sites excluding steroid dienone is 2. The molecule has 1 aromatic carbocycles. The molecule has 2 heteroatoms. The van der Waals surface area contributed by atoms with Crippen molar-refractivity contribution in [3.8, 4) is 0 Å². The molecule has 18 heavy (non-hydrogen) atoms. The maximum absolute atomic E-state index is 5.71. The van der Waals surface area contributed by atoms with E-state index in [1.54, 1.807) is 0 Å². The average molecular weight is 260 g/mol. The van der Waals surface area contributed by atoms with Gasteiger partial charge in [-0.25, -0.2) is 0 Å². The van der Waals surface area contributed by atoms with E-state index in [-0.39, 0.29) is 0 Å². The summed E-state index contributed by atoms with van der Waals surface area (Å²) >= 11 is 0. The largest absolute Gasteiger partial charge is 0.550 e. The molecular weight excluding hydrogens is 236 g/mol. The Labute approximate surface area is 112 Å². The van der Waals surface area contributed by atoms with Crippen molar-refractivity contribution in [2.75, 3.05) is 0 Å². The van der Waals surface area contributed by atoms with Crippen LogP contribution in [0.1, 0.15) is 25.3 Å². The van der Waals surface area contributed by atoms with Crippen LogP contribution in [0.2, 0.25) is 19.6 Å². The molecule has 0 aliphatic rings. The molecule has 1 nitrogen and oxygen atoms in total. The van der Waals surface area contributed by atoms with Gasteiger partial charge in [-0.1, -0.05) is 48.9 Å². The Bertz CT molecular complexity index is 399. The minimum absolute atomic E-state index is 0.968. The van der Waals surface area contributed by atoms with E-state index in [1.807, 2.05) is 12.3 Å². The third-order valence-electron chi connectivity index (χ3n) is 2.52. The highest BCUT2D eigenvalue weighted by Gasteiger charge is 2.12. The molecule has 0 amide bonds. The van der Waals surface area contributed by atoms with Gasteiger partial charge in [-0.2, -0.15) is 0 Å². The van der Waals surface area contributed by atoms with E-state index in [0.717, 1.165) is 12.8 Å². The fourth-order valence-electron chi connectivity index (χ4n) is 1.54. The third-order valence-corrected chi connectivity index (χ3v) is 3.37. The number of hydrogen-bond acceptors (Lipinski definition) is 1. The highest BCUT2D eigenvalue weighted by atomic mass is 28.4. The predicted molar refractivity (Wildman–Crippen MR) is 82.9 cm³/mol. The van der Waals surface area contributed by atoms with E-state index in [2.05, 4.69) is 63.0 Å². The van der Waals surface area contributed by atoms with E-state index < -0.39 is 8.32 Å². The van der Waals surface area contributed by atoms with Gasteiger partial charge in [0.05, 0.1) is 6.26 Å². The van der Waals surface area contributed by atoms with E-state index in [1.165, 1.54) is 11.1 Å². The SMILES string of the molecule is CC/C(=C\c1ccccc1)C/C=C/O[Si](C)(C)C. The summed E-state index contributed by atoms with van der Waals surface area (Å²) in [5, 5.41) is 0. The van der Waals surface area contributed by atoms with Gasteiger partial charge in [0.1, 0.15) is 0 Å². The summed E-state index contributed by atoms with van der Waals surface area (Å²) in [6, 6.07) is 10.5. The summed E-state index contributed by atoms with van der Waals surface area (Å²) in [5.41, 5.74) is 2.70. The van der Waals surface area contributed by atoms with Crippen LogP contribution in [0.15, 0.2) is 48.2 Å². The van der Waals surface area contributed by atoms with Crippen molar-refractivity contribution in [1.29, 1.82) is 0 Å². The first kappa shape index (κ1) is 14.8. The van der Waals surface area contributed by atoms with Crippen molar-refractivity contribution in [3.63, 3.8) is 0 Å². The van der Waals surface area contributed by atoms with Crippen molar-refractivity contribution >= 4 is 14.4 Å². The molecule has 98 valence electrons. The minimum atomic E-state index is -1.42. The van der Waals surface area contributed by atoms with Crippen molar-refractivity contribution in [2.24, 2.45) is 0 Å². The zero-order chi connectivity index (χ0) is 13.4. The van der Waals surface area contributed by atoms with Gasteiger partial charge in [-0.3, -0.25) is 0 Å². The van der Waals surface area contributed by atoms with Gasteiger partial charge in [-0.15, -0.1) is 0 Å². The molecule has 0 N–H and O–H groups in total. The van der Waals surface area contributed by atoms with Crippen LogP contribution < -0.4 is 0 Å². The Morgan fingerprint density at radius 1 is 1.17 bits per heavy atom. The smallest absolute Gasteiger partial charge is 0.241 e. The molecule has 0 spiro atoms. The quantitative estimate of drug-likeness (QED) is 0.502. The molecule has 0 saturated carbocycles. The molecule has 1 rings (SSSR count). The molecule has 0 radical (unpaired) electrons. The first-order chi connectivity index (χ1) is 8.51. The number of hydrogen-bond donors (Lipinski definition) is 0. The van der Waals surface area contributed by atoms with Gasteiger partial charge < -0.3 is 4.43 Å². The Kier molecular flexibility index (Phi) is 5.93. The maximum atomic E-state index is 5.71. The lowest BCUT2D eigenvalue weighted by atomic mass is 10.1. The lowest BCUT2D eigenvalue weighted by Crippen LogP contribution is -2.21. The molecule has 0 heterocycles. The van der Waals surface area contributed by atoms with Crippen molar-refractivity contribution in [3.05, 3.63) is 53.8 Å². The van der Waals surface area contributed by atoms with E-state index >= 15 is 0 Å². The summed E-state index contributed by atoms with van der Waals surface area (Å²) < 4.78 is 5.71. The molecule has 0 aliphatic heterocycles. The summed E-state index contributed by atoms with van der Waals surface area (Å²) in [6.45, 7) is 8.77. The number of benzene rings is 1. The standard InChI is InChI=1S/C16H24OSi/c1-5-15(12-9-13-17-18(2,3)4)14-16-10-7-6-8-11-16/h6-11,13-14H,5,12H2,1-4H3/b13-9+,15-14+. The first-order valence-corrected chi connectivity index (χ1v) is 9.99. The molecule has 0 fully saturated rings. The summed E-state index contributed by atoms with van der Waals surface area (Å²) in [4.78, 5) is 0. The molecule has 0 aromatic heterocycles. The van der Waals surface area contributed by atoms with E-state index in [0.29, 0.717) is 0 Å². The van der Waals surface area contributed by atoms with Crippen LogP contribution in [0.25, 0.3) is 6.08 Å². The maximum Gasteiger partial charge on any atom is 0.241 e. The zero-order valence-electron chi connectivity index (χ0n) is 11.9. The zero-order valence-corrected chi connectivity index (χ0v) is 12.9. The molecular formula is C16H24OSi. The minimum Gasteiger partial charge on any atom is -0.550 e. The normalized spacial score (nSPS) is 13.0. The van der Waals surface area contributed by atoms with Crippen LogP contribution in [0.5, 0.6) is 0 Å². The Morgan fingerprint density at radius 3 is 2.39 bits per heavy atom. The highest BCUT2D eigenvalue weighted by molar-refractivity contribution is 6.69. The monoisotopic (exact) mass is 260 g/mol. The molecule has 1 aromatic rings. The van der Waals surface area contributed by atoms with E-state index in [4.69, 9.17) is 4.43 Å². The average Bonchev–Trinajstić information content (AvgIpc) is 2.33. The Balaban J connectivity index is 2.55. The fraction of sp³-hybridized carbons (Fsp3) is 0.375. The van der Waals surface area contributed by atoms with Crippen molar-refractivity contribution in [1.82, 2.24) is 0 Å². The van der Waals surface area contributed by atoms with Gasteiger partial charge in [0, 0.05) is 0 Å². The molecule has 0 saturated heterocycles. The van der Waals surface area contributed by atoms with Crippen LogP contribution in [0.3, 0.4) is 0 Å². The van der Waals surface area contributed by atoms with Crippen LogP contribution in [-0.2, 0) is 4.43 Å². The van der Waals surface area contributed by atoms with Crippen LogP contribution in [0.4, 0.5) is 0 Å². The van der Waals surface area contributed by atoms with Gasteiger partial charge >= 0.3 is 0 Å². The second kappa shape index (κ2) is 7.22. The Hall–Kier alpha value is -1.28. The fourth-order valence-corrected chi connectivity index (χ4v) is 2.05. The van der Waals surface area contributed by atoms with Crippen LogP contribution in [0, 0.1) is 0 Å². The predicted octanol–water partition coefficient (Wildman–Crippen LogP) is 5.24. The lowest BCUT2D eigenvalue weighted by molar-refractivity contribution is 0.477. The van der Waals surface area contributed by atoms with Crippen molar-refractivity contribution < 1.29 is 4.43 Å². The van der Waals surface area contributed by atoms with E-state index in [9.17, 15) is 0 Å². The first-order valence-electron chi connectivity index (χ1n) is 6.58. The van der Waals surface area contributed by atoms with Gasteiger partial charge in [0.15, 0.2) is 0 Å². The molecule has 0 aliphatic carbocycles. The van der Waals surface area contributed by atoms with Gasteiger partial charge in [0.2, 0.25) is 8.32 Å². The molecule has 0 bridgehead atoms. The summed E-state index contributed by atoms with van der Waals surface area (Å²) in [5.74, 6) is 0. The van der Waals surface area contributed by atoms with Gasteiger partial charge in [-0.05, 0) is 44.1 Å². The highest BCUT2D eigenvalue weighted by Crippen LogP contribution is 2.14. The van der Waals surface area contributed by atoms with Gasteiger partial charge in [0.25, 0.3) is 0 Å². The molecule has 0 unspecified atom stereocenters. The second-order valence-corrected chi connectivity index (χ2v) is 9.83. The summed E-state index contributed by atoms with van der Waals surface area (Å²) in [6.07, 6.45) is 8.30. The molecule has 0 atom stereocenters. The number of rotatable bonds is 6. The lowest BCUT2D eigenvalue weighted by Gasteiger charge is -2.14. The van der Waals surface area contributed by atoms with Crippen molar-refractivity contribution in [2.45, 2.75) is 39.4 Å². The Morgan fingerprint density at radius 2 is 1.83 bits per heavy atom. The third kappa shape index (κ3) is 6.45. The van der Waals surface area contributed by atoms with Crippen LogP contribution in [-0.4, -0.2) is 8.32 Å².